The molecule has 0 aromatic carbocycles. The van der Waals surface area contributed by atoms with E-state index in [2.05, 4.69) is 5.32 Å². The van der Waals surface area contributed by atoms with E-state index in [1.54, 1.807) is 0 Å². The molecule has 0 spiro atoms. The molecule has 104 valence electrons. The molecule has 2 fully saturated rings. The topological polar surface area (TPSA) is 55.1 Å². The largest absolute Gasteiger partial charge is 0.352 e. The van der Waals surface area contributed by atoms with E-state index in [9.17, 15) is 4.79 Å². The Morgan fingerprint density at radius 2 is 1.67 bits per heavy atom. The first-order valence-corrected chi connectivity index (χ1v) is 7.79. The lowest BCUT2D eigenvalue weighted by Gasteiger charge is -2.25. The van der Waals surface area contributed by atoms with Gasteiger partial charge in [0.2, 0.25) is 5.91 Å². The fourth-order valence-electron chi connectivity index (χ4n) is 3.65. The van der Waals surface area contributed by atoms with Gasteiger partial charge < -0.3 is 11.1 Å². The molecule has 0 saturated heterocycles. The molecule has 2 saturated carbocycles. The van der Waals surface area contributed by atoms with Crippen molar-refractivity contribution in [1.29, 1.82) is 0 Å². The van der Waals surface area contributed by atoms with Gasteiger partial charge in [-0.1, -0.05) is 32.1 Å². The SMILES string of the molecule is NCC(NC(=O)CC1CCCCC1)C1CCCC1. The van der Waals surface area contributed by atoms with Crippen molar-refractivity contribution < 1.29 is 4.79 Å². The monoisotopic (exact) mass is 252 g/mol. The van der Waals surface area contributed by atoms with Crippen molar-refractivity contribution in [3.05, 3.63) is 0 Å². The molecule has 0 heterocycles. The van der Waals surface area contributed by atoms with Gasteiger partial charge in [-0.15, -0.1) is 0 Å². The van der Waals surface area contributed by atoms with E-state index in [0.29, 0.717) is 18.4 Å². The summed E-state index contributed by atoms with van der Waals surface area (Å²) < 4.78 is 0. The van der Waals surface area contributed by atoms with Crippen LogP contribution in [0.3, 0.4) is 0 Å². The molecule has 18 heavy (non-hydrogen) atoms. The Hall–Kier alpha value is -0.570. The average Bonchev–Trinajstić information content (AvgIpc) is 2.91. The third kappa shape index (κ3) is 3.98. The highest BCUT2D eigenvalue weighted by Crippen LogP contribution is 2.28. The van der Waals surface area contributed by atoms with Crippen molar-refractivity contribution in [3.63, 3.8) is 0 Å². The van der Waals surface area contributed by atoms with Crippen LogP contribution < -0.4 is 11.1 Å². The summed E-state index contributed by atoms with van der Waals surface area (Å²) in [6.07, 6.45) is 12.3. The van der Waals surface area contributed by atoms with Crippen LogP contribution in [0.15, 0.2) is 0 Å². The third-order valence-corrected chi connectivity index (χ3v) is 4.77. The second-order valence-electron chi connectivity index (χ2n) is 6.16. The van der Waals surface area contributed by atoms with Gasteiger partial charge in [-0.25, -0.2) is 0 Å². The minimum atomic E-state index is 0.226. The Morgan fingerprint density at radius 1 is 1.06 bits per heavy atom. The van der Waals surface area contributed by atoms with E-state index in [-0.39, 0.29) is 11.9 Å². The number of nitrogens with two attached hydrogens (primary N) is 1. The summed E-state index contributed by atoms with van der Waals surface area (Å²) >= 11 is 0. The van der Waals surface area contributed by atoms with Crippen molar-refractivity contribution in [2.75, 3.05) is 6.54 Å². The van der Waals surface area contributed by atoms with Gasteiger partial charge in [0, 0.05) is 19.0 Å². The lowest BCUT2D eigenvalue weighted by atomic mass is 9.86. The van der Waals surface area contributed by atoms with Crippen LogP contribution in [-0.4, -0.2) is 18.5 Å². The van der Waals surface area contributed by atoms with Crippen molar-refractivity contribution in [1.82, 2.24) is 5.32 Å². The van der Waals surface area contributed by atoms with E-state index in [1.165, 1.54) is 57.8 Å². The van der Waals surface area contributed by atoms with Crippen LogP contribution >= 0.6 is 0 Å². The molecule has 2 aliphatic carbocycles. The number of nitrogens with one attached hydrogen (secondary N) is 1. The Morgan fingerprint density at radius 3 is 2.28 bits per heavy atom. The fourth-order valence-corrected chi connectivity index (χ4v) is 3.65. The van der Waals surface area contributed by atoms with Crippen LogP contribution in [0.1, 0.15) is 64.2 Å². The average molecular weight is 252 g/mol. The summed E-state index contributed by atoms with van der Waals surface area (Å²) in [7, 11) is 0. The maximum Gasteiger partial charge on any atom is 0.220 e. The normalized spacial score (nSPS) is 24.1. The van der Waals surface area contributed by atoms with Gasteiger partial charge in [0.15, 0.2) is 0 Å². The first kappa shape index (κ1) is 13.9. The molecule has 0 aromatic heterocycles. The number of hydrogen-bond acceptors (Lipinski definition) is 2. The molecule has 0 aliphatic heterocycles. The van der Waals surface area contributed by atoms with Crippen molar-refractivity contribution >= 4 is 5.91 Å². The second-order valence-corrected chi connectivity index (χ2v) is 6.16. The molecule has 3 N–H and O–H groups in total. The maximum atomic E-state index is 12.1. The Bertz CT molecular complexity index is 255. The Labute approximate surface area is 111 Å². The van der Waals surface area contributed by atoms with E-state index < -0.39 is 0 Å². The number of rotatable bonds is 5. The molecule has 2 rings (SSSR count). The summed E-state index contributed by atoms with van der Waals surface area (Å²) in [5, 5.41) is 3.19. The molecule has 1 atom stereocenters. The molecular weight excluding hydrogens is 224 g/mol. The zero-order chi connectivity index (χ0) is 12.8. The predicted molar refractivity (Wildman–Crippen MR) is 74.1 cm³/mol. The van der Waals surface area contributed by atoms with E-state index >= 15 is 0 Å². The van der Waals surface area contributed by atoms with Crippen LogP contribution in [-0.2, 0) is 4.79 Å². The summed E-state index contributed by atoms with van der Waals surface area (Å²) in [5.74, 6) is 1.50. The van der Waals surface area contributed by atoms with Crippen LogP contribution in [0.4, 0.5) is 0 Å². The summed E-state index contributed by atoms with van der Waals surface area (Å²) in [4.78, 5) is 12.1. The Balaban J connectivity index is 1.73. The minimum Gasteiger partial charge on any atom is -0.352 e. The van der Waals surface area contributed by atoms with E-state index in [4.69, 9.17) is 5.73 Å². The summed E-state index contributed by atoms with van der Waals surface area (Å²) in [6, 6.07) is 0.226. The summed E-state index contributed by atoms with van der Waals surface area (Å²) in [6.45, 7) is 0.598. The molecular formula is C15H28N2O. The van der Waals surface area contributed by atoms with Gasteiger partial charge in [0.25, 0.3) is 0 Å². The number of carbonyl (C=O) groups excluding carboxylic acids is 1. The molecule has 3 nitrogen and oxygen atoms in total. The summed E-state index contributed by atoms with van der Waals surface area (Å²) in [5.41, 5.74) is 5.82. The molecule has 2 aliphatic rings. The first-order valence-electron chi connectivity index (χ1n) is 7.79. The van der Waals surface area contributed by atoms with E-state index in [1.807, 2.05) is 0 Å². The van der Waals surface area contributed by atoms with Gasteiger partial charge in [-0.05, 0) is 37.5 Å². The van der Waals surface area contributed by atoms with Crippen LogP contribution in [0, 0.1) is 11.8 Å². The first-order chi connectivity index (χ1) is 8.79. The van der Waals surface area contributed by atoms with Crippen LogP contribution in [0.2, 0.25) is 0 Å². The number of hydrogen-bond donors (Lipinski definition) is 2. The van der Waals surface area contributed by atoms with Gasteiger partial charge >= 0.3 is 0 Å². The zero-order valence-electron chi connectivity index (χ0n) is 11.5. The van der Waals surface area contributed by atoms with Crippen molar-refractivity contribution in [2.24, 2.45) is 17.6 Å². The van der Waals surface area contributed by atoms with Gasteiger partial charge in [0.1, 0.15) is 0 Å². The molecule has 1 amide bonds. The van der Waals surface area contributed by atoms with Crippen molar-refractivity contribution in [3.8, 4) is 0 Å². The quantitative estimate of drug-likeness (QED) is 0.790. The highest BCUT2D eigenvalue weighted by atomic mass is 16.1. The van der Waals surface area contributed by atoms with Crippen LogP contribution in [0.5, 0.6) is 0 Å². The zero-order valence-corrected chi connectivity index (χ0v) is 11.5. The van der Waals surface area contributed by atoms with Gasteiger partial charge in [0.05, 0.1) is 0 Å². The smallest absolute Gasteiger partial charge is 0.220 e. The minimum absolute atomic E-state index is 0.226. The lowest BCUT2D eigenvalue weighted by Crippen LogP contribution is -2.45. The maximum absolute atomic E-state index is 12.1. The predicted octanol–water partition coefficient (Wildman–Crippen LogP) is 2.59. The molecule has 0 aromatic rings. The standard InChI is InChI=1S/C15H28N2O/c16-11-14(13-8-4-5-9-13)17-15(18)10-12-6-2-1-3-7-12/h12-14H,1-11,16H2,(H,17,18). The Kier molecular flexibility index (Phi) is 5.48. The van der Waals surface area contributed by atoms with Gasteiger partial charge in [-0.2, -0.15) is 0 Å². The molecule has 0 radical (unpaired) electrons. The van der Waals surface area contributed by atoms with E-state index in [0.717, 1.165) is 6.42 Å². The highest BCUT2D eigenvalue weighted by molar-refractivity contribution is 5.76. The third-order valence-electron chi connectivity index (χ3n) is 4.77. The second kappa shape index (κ2) is 7.13. The molecule has 3 heteroatoms. The van der Waals surface area contributed by atoms with Crippen molar-refractivity contribution in [2.45, 2.75) is 70.3 Å². The fraction of sp³-hybridized carbons (Fsp3) is 0.933. The van der Waals surface area contributed by atoms with Gasteiger partial charge in [-0.3, -0.25) is 4.79 Å². The highest BCUT2D eigenvalue weighted by Gasteiger charge is 2.26. The molecule has 0 bridgehead atoms. The number of amides is 1. The number of carbonyl (C=O) groups is 1. The lowest BCUT2D eigenvalue weighted by molar-refractivity contribution is -0.123. The molecule has 1 unspecified atom stereocenters. The van der Waals surface area contributed by atoms with Crippen LogP contribution in [0.25, 0.3) is 0 Å².